The van der Waals surface area contributed by atoms with Gasteiger partial charge in [0.1, 0.15) is 10.8 Å². The molecular weight excluding hydrogens is 478 g/mol. The van der Waals surface area contributed by atoms with Crippen LogP contribution in [0.25, 0.3) is 0 Å². The van der Waals surface area contributed by atoms with Crippen molar-refractivity contribution in [1.29, 1.82) is 0 Å². The maximum Gasteiger partial charge on any atom is 0.256 e. The summed E-state index contributed by atoms with van der Waals surface area (Å²) < 4.78 is 5.59. The van der Waals surface area contributed by atoms with E-state index < -0.39 is 0 Å². The number of nitrogens with zero attached hydrogens (tertiary/aromatic N) is 2. The van der Waals surface area contributed by atoms with Gasteiger partial charge in [-0.1, -0.05) is 55.5 Å². The summed E-state index contributed by atoms with van der Waals surface area (Å²) in [5.41, 5.74) is 4.24. The molecule has 1 saturated heterocycles. The van der Waals surface area contributed by atoms with Gasteiger partial charge in [-0.25, -0.2) is 0 Å². The number of nitrogens with one attached hydrogen (secondary N) is 1. The van der Waals surface area contributed by atoms with Gasteiger partial charge in [-0.05, 0) is 54.4 Å². The Hall–Kier alpha value is -3.61. The predicted molar refractivity (Wildman–Crippen MR) is 153 cm³/mol. The van der Waals surface area contributed by atoms with E-state index in [0.29, 0.717) is 5.56 Å². The van der Waals surface area contributed by atoms with Crippen molar-refractivity contribution < 1.29 is 9.53 Å². The largest absolute Gasteiger partial charge is 0.497 e. The predicted octanol–water partition coefficient (Wildman–Crippen LogP) is 6.48. The second-order valence-electron chi connectivity index (χ2n) is 9.21. The lowest BCUT2D eigenvalue weighted by Gasteiger charge is -2.40. The number of carbonyl (C=O) groups excluding carboxylic acids is 1. The molecule has 1 atom stereocenters. The second kappa shape index (κ2) is 11.6. The van der Waals surface area contributed by atoms with E-state index in [9.17, 15) is 4.79 Å². The van der Waals surface area contributed by atoms with Gasteiger partial charge in [0.25, 0.3) is 5.91 Å². The molecule has 6 heteroatoms. The third-order valence-electron chi connectivity index (χ3n) is 6.93. The molecule has 0 radical (unpaired) electrons. The first-order valence-electron chi connectivity index (χ1n) is 12.8. The first kappa shape index (κ1) is 25.1. The molecule has 5 rings (SSSR count). The summed E-state index contributed by atoms with van der Waals surface area (Å²) >= 11 is 1.68. The van der Waals surface area contributed by atoms with Gasteiger partial charge < -0.3 is 15.0 Å². The summed E-state index contributed by atoms with van der Waals surface area (Å²) in [4.78, 5) is 19.4. The molecular formula is C31H33N3O2S. The van der Waals surface area contributed by atoms with Crippen molar-refractivity contribution in [3.8, 4) is 5.75 Å². The molecule has 1 aliphatic heterocycles. The zero-order valence-electron chi connectivity index (χ0n) is 21.4. The summed E-state index contributed by atoms with van der Waals surface area (Å²) in [5, 5.41) is 4.17. The molecule has 0 saturated carbocycles. The van der Waals surface area contributed by atoms with E-state index >= 15 is 0 Å². The number of para-hydroxylation sites is 1. The first-order valence-corrected chi connectivity index (χ1v) is 13.6. The molecule has 0 bridgehead atoms. The Morgan fingerprint density at radius 3 is 2.30 bits per heavy atom. The van der Waals surface area contributed by atoms with E-state index in [1.54, 1.807) is 18.4 Å². The minimum Gasteiger partial charge on any atom is -0.497 e. The van der Waals surface area contributed by atoms with Crippen LogP contribution in [0.5, 0.6) is 5.75 Å². The Bertz CT molecular complexity index is 1310. The van der Waals surface area contributed by atoms with E-state index in [4.69, 9.17) is 4.74 Å². The fraction of sp³-hybridized carbons (Fsp3) is 0.258. The van der Waals surface area contributed by atoms with Crippen LogP contribution < -0.4 is 15.0 Å². The molecule has 1 amide bonds. The van der Waals surface area contributed by atoms with Crippen molar-refractivity contribution in [1.82, 2.24) is 4.90 Å². The lowest BCUT2D eigenvalue weighted by Crippen LogP contribution is -2.48. The third-order valence-corrected chi connectivity index (χ3v) is 8.14. The van der Waals surface area contributed by atoms with Crippen LogP contribution in [0.2, 0.25) is 0 Å². The van der Waals surface area contributed by atoms with Crippen molar-refractivity contribution in [3.63, 3.8) is 0 Å². The van der Waals surface area contributed by atoms with Crippen LogP contribution in [0.3, 0.4) is 0 Å². The number of piperazine rings is 1. The van der Waals surface area contributed by atoms with Gasteiger partial charge in [0.15, 0.2) is 0 Å². The summed E-state index contributed by atoms with van der Waals surface area (Å²) in [6.45, 7) is 5.89. The van der Waals surface area contributed by atoms with Crippen LogP contribution in [-0.2, 0) is 6.42 Å². The van der Waals surface area contributed by atoms with Crippen molar-refractivity contribution >= 4 is 27.9 Å². The number of rotatable bonds is 8. The highest BCUT2D eigenvalue weighted by atomic mass is 32.1. The molecule has 1 fully saturated rings. The van der Waals surface area contributed by atoms with Crippen molar-refractivity contribution in [3.05, 3.63) is 113 Å². The van der Waals surface area contributed by atoms with Gasteiger partial charge in [-0.15, -0.1) is 11.3 Å². The van der Waals surface area contributed by atoms with Crippen LogP contribution in [0.15, 0.2) is 91.0 Å². The van der Waals surface area contributed by atoms with Crippen LogP contribution in [0, 0.1) is 0 Å². The highest BCUT2D eigenvalue weighted by molar-refractivity contribution is 7.16. The van der Waals surface area contributed by atoms with Gasteiger partial charge in [0.2, 0.25) is 0 Å². The molecule has 5 nitrogen and oxygen atoms in total. The molecule has 190 valence electrons. The molecule has 1 N–H and O–H groups in total. The normalized spacial score (nSPS) is 14.8. The number of methoxy groups -OCH3 is 1. The second-order valence-corrected chi connectivity index (χ2v) is 10.3. The minimum absolute atomic E-state index is 0.00986. The van der Waals surface area contributed by atoms with E-state index in [0.717, 1.165) is 48.9 Å². The molecule has 0 aliphatic carbocycles. The SMILES string of the molecule is CCc1cc([C@@H](c2cccc(OC)c2)N2CCN(c3ccccc3)CC2)c(NC(=O)c2ccccc2)s1. The molecule has 0 spiro atoms. The highest BCUT2D eigenvalue weighted by Gasteiger charge is 2.30. The number of benzene rings is 3. The quantitative estimate of drug-likeness (QED) is 0.294. The van der Waals surface area contributed by atoms with Crippen molar-refractivity contribution in [2.24, 2.45) is 0 Å². The van der Waals surface area contributed by atoms with Gasteiger partial charge in [0, 0.05) is 47.9 Å². The standard InChI is InChI=1S/C31H33N3O2S/c1-3-27-22-28(31(37-27)32-30(35)23-11-6-4-7-12-23)29(24-13-10-16-26(21-24)36-2)34-19-17-33(18-20-34)25-14-8-5-9-15-25/h4-16,21-22,29H,3,17-20H2,1-2H3,(H,32,35)/t29-/m1/s1. The minimum atomic E-state index is -0.0790. The monoisotopic (exact) mass is 511 g/mol. The van der Waals surface area contributed by atoms with Crippen molar-refractivity contribution in [2.45, 2.75) is 19.4 Å². The maximum absolute atomic E-state index is 13.2. The molecule has 0 unspecified atom stereocenters. The molecule has 37 heavy (non-hydrogen) atoms. The fourth-order valence-electron chi connectivity index (χ4n) is 4.97. The summed E-state index contributed by atoms with van der Waals surface area (Å²) in [7, 11) is 1.71. The average Bonchev–Trinajstić information content (AvgIpc) is 3.36. The summed E-state index contributed by atoms with van der Waals surface area (Å²) in [5.74, 6) is 0.760. The van der Waals surface area contributed by atoms with E-state index in [-0.39, 0.29) is 11.9 Å². The third kappa shape index (κ3) is 5.71. The number of carbonyl (C=O) groups is 1. The first-order chi connectivity index (χ1) is 18.2. The number of ether oxygens (including phenoxy) is 1. The molecule has 1 aliphatic rings. The molecule has 4 aromatic rings. The number of aryl methyl sites for hydroxylation is 1. The number of anilines is 2. The van der Waals surface area contributed by atoms with E-state index in [1.165, 1.54) is 16.1 Å². The van der Waals surface area contributed by atoms with Crippen LogP contribution >= 0.6 is 11.3 Å². The lowest BCUT2D eigenvalue weighted by molar-refractivity contribution is 0.102. The van der Waals surface area contributed by atoms with Gasteiger partial charge in [-0.3, -0.25) is 9.69 Å². The summed E-state index contributed by atoms with van der Waals surface area (Å²) in [6, 6.07) is 30.7. The topological polar surface area (TPSA) is 44.8 Å². The molecule has 3 aromatic carbocycles. The van der Waals surface area contributed by atoms with Crippen LogP contribution in [0.4, 0.5) is 10.7 Å². The highest BCUT2D eigenvalue weighted by Crippen LogP contribution is 2.41. The van der Waals surface area contributed by atoms with E-state index in [2.05, 4.69) is 76.6 Å². The Morgan fingerprint density at radius 2 is 1.62 bits per heavy atom. The summed E-state index contributed by atoms with van der Waals surface area (Å²) in [6.07, 6.45) is 0.922. The van der Waals surface area contributed by atoms with Crippen LogP contribution in [-0.4, -0.2) is 44.1 Å². The molecule has 1 aromatic heterocycles. The molecule has 2 heterocycles. The number of hydrogen-bond donors (Lipinski definition) is 1. The zero-order chi connectivity index (χ0) is 25.6. The number of thiophene rings is 1. The fourth-order valence-corrected chi connectivity index (χ4v) is 6.00. The smallest absolute Gasteiger partial charge is 0.256 e. The number of amides is 1. The Balaban J connectivity index is 1.49. The number of hydrogen-bond acceptors (Lipinski definition) is 5. The van der Waals surface area contributed by atoms with Gasteiger partial charge in [-0.2, -0.15) is 0 Å². The van der Waals surface area contributed by atoms with Crippen molar-refractivity contribution in [2.75, 3.05) is 43.5 Å². The Kier molecular flexibility index (Phi) is 7.87. The Morgan fingerprint density at radius 1 is 0.919 bits per heavy atom. The van der Waals surface area contributed by atoms with Crippen LogP contribution in [0.1, 0.15) is 39.3 Å². The lowest BCUT2D eigenvalue weighted by atomic mass is 9.96. The van der Waals surface area contributed by atoms with Gasteiger partial charge >= 0.3 is 0 Å². The zero-order valence-corrected chi connectivity index (χ0v) is 22.2. The van der Waals surface area contributed by atoms with E-state index in [1.807, 2.05) is 36.4 Å². The Labute approximate surface area is 223 Å². The van der Waals surface area contributed by atoms with Gasteiger partial charge in [0.05, 0.1) is 13.2 Å². The maximum atomic E-state index is 13.2. The average molecular weight is 512 g/mol.